The van der Waals surface area contributed by atoms with Crippen LogP contribution in [0.25, 0.3) is 0 Å². The second kappa shape index (κ2) is 5.95. The van der Waals surface area contributed by atoms with Gasteiger partial charge in [-0.15, -0.1) is 0 Å². The summed E-state index contributed by atoms with van der Waals surface area (Å²) in [6.07, 6.45) is 1.20. The van der Waals surface area contributed by atoms with Crippen LogP contribution in [0, 0.1) is 5.92 Å². The van der Waals surface area contributed by atoms with E-state index in [1.165, 1.54) is 13.0 Å². The molecule has 4 heteroatoms. The molecule has 2 amide bonds. The van der Waals surface area contributed by atoms with Crippen LogP contribution in [-0.4, -0.2) is 43.2 Å². The molecule has 1 rings (SSSR count). The highest BCUT2D eigenvalue weighted by molar-refractivity contribution is 5.74. The molecule has 4 nitrogen and oxygen atoms in total. The van der Waals surface area contributed by atoms with E-state index in [-0.39, 0.29) is 12.1 Å². The molecule has 0 aliphatic carbocycles. The molecule has 1 atom stereocenters. The predicted molar refractivity (Wildman–Crippen MR) is 61.9 cm³/mol. The highest BCUT2D eigenvalue weighted by Crippen LogP contribution is 2.14. The van der Waals surface area contributed by atoms with E-state index >= 15 is 0 Å². The van der Waals surface area contributed by atoms with Gasteiger partial charge in [-0.25, -0.2) is 4.79 Å². The third-order valence-electron chi connectivity index (χ3n) is 2.79. The molecule has 0 saturated carbocycles. The smallest absolute Gasteiger partial charge is 0.314 e. The minimum atomic E-state index is -0.0417. The van der Waals surface area contributed by atoms with Crippen LogP contribution in [0.2, 0.25) is 0 Å². The van der Waals surface area contributed by atoms with Crippen LogP contribution in [-0.2, 0) is 0 Å². The zero-order valence-electron chi connectivity index (χ0n) is 10.0. The average Bonchev–Trinajstić information content (AvgIpc) is 2.61. The summed E-state index contributed by atoms with van der Waals surface area (Å²) in [4.78, 5) is 13.7. The Kier molecular flexibility index (Phi) is 4.88. The van der Waals surface area contributed by atoms with Crippen LogP contribution < -0.4 is 10.6 Å². The Morgan fingerprint density at radius 3 is 2.80 bits per heavy atom. The lowest BCUT2D eigenvalue weighted by molar-refractivity contribution is 0.236. The number of nitrogens with one attached hydrogen (secondary N) is 2. The van der Waals surface area contributed by atoms with Crippen molar-refractivity contribution in [3.63, 3.8) is 0 Å². The summed E-state index contributed by atoms with van der Waals surface area (Å²) in [6.45, 7) is 10.3. The largest absolute Gasteiger partial charge is 0.338 e. The molecule has 15 heavy (non-hydrogen) atoms. The number of carbonyl (C=O) groups excluding carboxylic acids is 1. The first-order chi connectivity index (χ1) is 7.11. The molecule has 1 aliphatic rings. The van der Waals surface area contributed by atoms with E-state index in [9.17, 15) is 4.79 Å². The number of urea groups is 1. The lowest BCUT2D eigenvalue weighted by Gasteiger charge is -2.15. The maximum atomic E-state index is 11.3. The SMILES string of the molecule is CCN1CCC(CNC(=O)NC(C)C)C1. The fraction of sp³-hybridized carbons (Fsp3) is 0.909. The van der Waals surface area contributed by atoms with Crippen molar-refractivity contribution < 1.29 is 4.79 Å². The van der Waals surface area contributed by atoms with Gasteiger partial charge in [-0.2, -0.15) is 0 Å². The molecule has 0 spiro atoms. The minimum Gasteiger partial charge on any atom is -0.338 e. The number of hydrogen-bond donors (Lipinski definition) is 2. The van der Waals surface area contributed by atoms with Crippen molar-refractivity contribution >= 4 is 6.03 Å². The lowest BCUT2D eigenvalue weighted by Crippen LogP contribution is -2.41. The summed E-state index contributed by atoms with van der Waals surface area (Å²) in [5, 5.41) is 5.75. The quantitative estimate of drug-likeness (QED) is 0.733. The van der Waals surface area contributed by atoms with Gasteiger partial charge in [0.15, 0.2) is 0 Å². The molecule has 88 valence electrons. The van der Waals surface area contributed by atoms with Crippen LogP contribution in [0.4, 0.5) is 4.79 Å². The molecular weight excluding hydrogens is 190 g/mol. The van der Waals surface area contributed by atoms with Crippen molar-refractivity contribution in [3.8, 4) is 0 Å². The fourth-order valence-corrected chi connectivity index (χ4v) is 1.92. The number of nitrogens with zero attached hydrogens (tertiary/aromatic N) is 1. The van der Waals surface area contributed by atoms with Gasteiger partial charge in [0.2, 0.25) is 0 Å². The molecule has 2 N–H and O–H groups in total. The lowest BCUT2D eigenvalue weighted by atomic mass is 10.1. The molecule has 0 aromatic rings. The standard InChI is InChI=1S/C11H23N3O/c1-4-14-6-5-10(8-14)7-12-11(15)13-9(2)3/h9-10H,4-8H2,1-3H3,(H2,12,13,15). The van der Waals surface area contributed by atoms with Crippen molar-refractivity contribution in [2.45, 2.75) is 33.2 Å². The van der Waals surface area contributed by atoms with Crippen molar-refractivity contribution in [1.29, 1.82) is 0 Å². The molecule has 1 aliphatic heterocycles. The van der Waals surface area contributed by atoms with Gasteiger partial charge in [0.05, 0.1) is 0 Å². The third kappa shape index (κ3) is 4.51. The zero-order valence-corrected chi connectivity index (χ0v) is 10.0. The summed E-state index contributed by atoms with van der Waals surface area (Å²) in [5.74, 6) is 0.628. The molecule has 0 bridgehead atoms. The number of amides is 2. The van der Waals surface area contributed by atoms with Crippen LogP contribution in [0.15, 0.2) is 0 Å². The maximum Gasteiger partial charge on any atom is 0.314 e. The van der Waals surface area contributed by atoms with Crippen LogP contribution in [0.5, 0.6) is 0 Å². The van der Waals surface area contributed by atoms with Crippen molar-refractivity contribution in [2.24, 2.45) is 5.92 Å². The van der Waals surface area contributed by atoms with E-state index in [2.05, 4.69) is 22.5 Å². The molecule has 1 fully saturated rings. The number of likely N-dealkylation sites (tertiary alicyclic amines) is 1. The van der Waals surface area contributed by atoms with Crippen LogP contribution >= 0.6 is 0 Å². The van der Waals surface area contributed by atoms with E-state index in [0.29, 0.717) is 5.92 Å². The van der Waals surface area contributed by atoms with Crippen LogP contribution in [0.3, 0.4) is 0 Å². The van der Waals surface area contributed by atoms with E-state index in [4.69, 9.17) is 0 Å². The third-order valence-corrected chi connectivity index (χ3v) is 2.79. The van der Waals surface area contributed by atoms with Crippen molar-refractivity contribution in [3.05, 3.63) is 0 Å². The molecule has 0 aromatic heterocycles. The van der Waals surface area contributed by atoms with Gasteiger partial charge in [0.1, 0.15) is 0 Å². The topological polar surface area (TPSA) is 44.4 Å². The van der Waals surface area contributed by atoms with E-state index in [1.807, 2.05) is 13.8 Å². The van der Waals surface area contributed by atoms with Crippen molar-refractivity contribution in [2.75, 3.05) is 26.2 Å². The van der Waals surface area contributed by atoms with Crippen molar-refractivity contribution in [1.82, 2.24) is 15.5 Å². The Hall–Kier alpha value is -0.770. The highest BCUT2D eigenvalue weighted by Gasteiger charge is 2.21. The summed E-state index contributed by atoms with van der Waals surface area (Å²) >= 11 is 0. The summed E-state index contributed by atoms with van der Waals surface area (Å²) < 4.78 is 0. The Morgan fingerprint density at radius 2 is 2.27 bits per heavy atom. The summed E-state index contributed by atoms with van der Waals surface area (Å²) in [7, 11) is 0. The molecule has 0 aromatic carbocycles. The first-order valence-corrected chi connectivity index (χ1v) is 5.88. The first kappa shape index (κ1) is 12.3. The first-order valence-electron chi connectivity index (χ1n) is 5.88. The molecule has 1 heterocycles. The highest BCUT2D eigenvalue weighted by atomic mass is 16.2. The zero-order chi connectivity index (χ0) is 11.3. The molecule has 0 radical (unpaired) electrons. The van der Waals surface area contributed by atoms with Gasteiger partial charge in [-0.1, -0.05) is 6.92 Å². The Balaban J connectivity index is 2.13. The van der Waals surface area contributed by atoms with Gasteiger partial charge in [-0.05, 0) is 39.3 Å². The van der Waals surface area contributed by atoms with Crippen LogP contribution in [0.1, 0.15) is 27.2 Å². The predicted octanol–water partition coefficient (Wildman–Crippen LogP) is 1.04. The van der Waals surface area contributed by atoms with Gasteiger partial charge < -0.3 is 15.5 Å². The minimum absolute atomic E-state index is 0.0417. The van der Waals surface area contributed by atoms with E-state index in [1.54, 1.807) is 0 Å². The second-order valence-electron chi connectivity index (χ2n) is 4.56. The molecular formula is C11H23N3O. The van der Waals surface area contributed by atoms with Gasteiger partial charge >= 0.3 is 6.03 Å². The van der Waals surface area contributed by atoms with E-state index in [0.717, 1.165) is 19.6 Å². The molecule has 1 saturated heterocycles. The Bertz CT molecular complexity index is 206. The number of carbonyl (C=O) groups is 1. The van der Waals surface area contributed by atoms with E-state index < -0.39 is 0 Å². The Labute approximate surface area is 92.4 Å². The maximum absolute atomic E-state index is 11.3. The number of rotatable bonds is 4. The number of hydrogen-bond acceptors (Lipinski definition) is 2. The second-order valence-corrected chi connectivity index (χ2v) is 4.56. The fourth-order valence-electron chi connectivity index (χ4n) is 1.92. The normalized spacial score (nSPS) is 22.0. The molecule has 1 unspecified atom stereocenters. The van der Waals surface area contributed by atoms with Gasteiger partial charge in [0, 0.05) is 19.1 Å². The van der Waals surface area contributed by atoms with Gasteiger partial charge in [0.25, 0.3) is 0 Å². The summed E-state index contributed by atoms with van der Waals surface area (Å²) in [6, 6.07) is 0.167. The monoisotopic (exact) mass is 213 g/mol. The Morgan fingerprint density at radius 1 is 1.53 bits per heavy atom. The van der Waals surface area contributed by atoms with Gasteiger partial charge in [-0.3, -0.25) is 0 Å². The summed E-state index contributed by atoms with van der Waals surface area (Å²) in [5.41, 5.74) is 0. The average molecular weight is 213 g/mol.